The van der Waals surface area contributed by atoms with Crippen LogP contribution >= 0.6 is 11.6 Å². The smallest absolute Gasteiger partial charge is 0.338 e. The van der Waals surface area contributed by atoms with Crippen LogP contribution in [0.5, 0.6) is 5.75 Å². The van der Waals surface area contributed by atoms with E-state index in [-0.39, 0.29) is 0 Å². The number of cyclic esters (lactones) is 1. The second-order valence-corrected chi connectivity index (χ2v) is 6.80. The number of esters is 1. The highest BCUT2D eigenvalue weighted by Gasteiger charge is 2.44. The molecule has 3 rings (SSSR count). The number of ether oxygens (including phenoxy) is 2. The monoisotopic (exact) mass is 392 g/mol. The zero-order chi connectivity index (χ0) is 19.6. The second-order valence-electron chi connectivity index (χ2n) is 6.39. The molecule has 1 heterocycles. The van der Waals surface area contributed by atoms with Crippen molar-refractivity contribution in [1.82, 2.24) is 0 Å². The molecule has 1 aliphatic rings. The van der Waals surface area contributed by atoms with E-state index in [1.54, 1.807) is 18.2 Å². The van der Waals surface area contributed by atoms with Crippen LogP contribution in [0.4, 0.5) is 0 Å². The first-order valence-electron chi connectivity index (χ1n) is 8.65. The molecule has 2 aromatic carbocycles. The van der Waals surface area contributed by atoms with Gasteiger partial charge in [0.15, 0.2) is 12.2 Å². The van der Waals surface area contributed by atoms with E-state index in [0.29, 0.717) is 23.6 Å². The second kappa shape index (κ2) is 8.27. The number of carbonyl (C=O) groups is 1. The first kappa shape index (κ1) is 19.6. The number of benzene rings is 2. The average Bonchev–Trinajstić information content (AvgIpc) is 2.66. The molecule has 0 saturated carbocycles. The summed E-state index contributed by atoms with van der Waals surface area (Å²) < 4.78 is 10.5. The summed E-state index contributed by atoms with van der Waals surface area (Å²) in [6.07, 6.45) is -5.35. The summed E-state index contributed by atoms with van der Waals surface area (Å²) in [5, 5.41) is 30.1. The summed E-state index contributed by atoms with van der Waals surface area (Å²) in [5.41, 5.74) is 2.28. The van der Waals surface area contributed by atoms with Crippen LogP contribution in [0.3, 0.4) is 0 Å². The van der Waals surface area contributed by atoms with Crippen molar-refractivity contribution in [3.05, 3.63) is 64.2 Å². The van der Waals surface area contributed by atoms with Gasteiger partial charge in [-0.05, 0) is 48.2 Å². The third-order valence-electron chi connectivity index (χ3n) is 4.50. The molecule has 3 N–H and O–H groups in total. The molecule has 1 fully saturated rings. The molecule has 0 unspecified atom stereocenters. The predicted molar refractivity (Wildman–Crippen MR) is 98.7 cm³/mol. The summed E-state index contributed by atoms with van der Waals surface area (Å²) >= 11 is 6.30. The van der Waals surface area contributed by atoms with E-state index in [1.165, 1.54) is 0 Å². The van der Waals surface area contributed by atoms with Gasteiger partial charge in [-0.15, -0.1) is 0 Å². The minimum Gasteiger partial charge on any atom is -0.494 e. The van der Waals surface area contributed by atoms with Gasteiger partial charge in [-0.25, -0.2) is 4.79 Å². The molecule has 6 nitrogen and oxygen atoms in total. The normalized spacial score (nSPS) is 25.1. The molecule has 2 aromatic rings. The van der Waals surface area contributed by atoms with E-state index in [9.17, 15) is 20.1 Å². The summed E-state index contributed by atoms with van der Waals surface area (Å²) in [5.74, 6) is -0.188. The number of hydrogen-bond acceptors (Lipinski definition) is 6. The maximum atomic E-state index is 11.7. The van der Waals surface area contributed by atoms with Crippen LogP contribution in [0.15, 0.2) is 42.5 Å². The minimum atomic E-state index is -1.76. The molecule has 0 bridgehead atoms. The summed E-state index contributed by atoms with van der Waals surface area (Å²) in [6, 6.07) is 12.6. The fraction of sp³-hybridized carbons (Fsp3) is 0.350. The van der Waals surface area contributed by atoms with Crippen molar-refractivity contribution in [2.24, 2.45) is 0 Å². The van der Waals surface area contributed by atoms with E-state index in [0.717, 1.165) is 16.9 Å². The first-order valence-corrected chi connectivity index (χ1v) is 9.03. The highest BCUT2D eigenvalue weighted by atomic mass is 35.5. The first-order chi connectivity index (χ1) is 12.9. The molecular weight excluding hydrogens is 372 g/mol. The van der Waals surface area contributed by atoms with Gasteiger partial charge in [-0.1, -0.05) is 35.9 Å². The lowest BCUT2D eigenvalue weighted by Gasteiger charge is -2.34. The third-order valence-corrected chi connectivity index (χ3v) is 4.86. The quantitative estimate of drug-likeness (QED) is 0.674. The Kier molecular flexibility index (Phi) is 6.01. The Bertz CT molecular complexity index is 807. The number of hydrogen-bond donors (Lipinski definition) is 3. The average molecular weight is 393 g/mol. The Hall–Kier alpha value is -2.12. The Labute approximate surface area is 161 Å². The van der Waals surface area contributed by atoms with Crippen LogP contribution in [0.2, 0.25) is 5.02 Å². The van der Waals surface area contributed by atoms with E-state index in [2.05, 4.69) is 0 Å². The largest absolute Gasteiger partial charge is 0.494 e. The van der Waals surface area contributed by atoms with Crippen LogP contribution in [-0.4, -0.2) is 46.2 Å². The van der Waals surface area contributed by atoms with E-state index < -0.39 is 30.4 Å². The maximum absolute atomic E-state index is 11.7. The van der Waals surface area contributed by atoms with Gasteiger partial charge in [0, 0.05) is 5.02 Å². The molecular formula is C20H21ClO6. The molecule has 7 heteroatoms. The van der Waals surface area contributed by atoms with Crippen molar-refractivity contribution in [1.29, 1.82) is 0 Å². The van der Waals surface area contributed by atoms with Crippen molar-refractivity contribution < 1.29 is 29.6 Å². The van der Waals surface area contributed by atoms with Crippen LogP contribution in [0.1, 0.15) is 29.7 Å². The van der Waals surface area contributed by atoms with Crippen LogP contribution in [0.25, 0.3) is 0 Å². The number of aliphatic hydroxyl groups is 3. The van der Waals surface area contributed by atoms with Crippen molar-refractivity contribution in [2.45, 2.75) is 37.8 Å². The van der Waals surface area contributed by atoms with E-state index >= 15 is 0 Å². The third kappa shape index (κ3) is 4.25. The Morgan fingerprint density at radius 2 is 1.78 bits per heavy atom. The van der Waals surface area contributed by atoms with Gasteiger partial charge in [0.25, 0.3) is 0 Å². The topological polar surface area (TPSA) is 96.2 Å². The number of rotatable bonds is 5. The lowest BCUT2D eigenvalue weighted by Crippen LogP contribution is -2.51. The van der Waals surface area contributed by atoms with Crippen molar-refractivity contribution >= 4 is 17.6 Å². The van der Waals surface area contributed by atoms with Crippen molar-refractivity contribution in [2.75, 3.05) is 6.61 Å². The minimum absolute atomic E-state index is 0.493. The highest BCUT2D eigenvalue weighted by Crippen LogP contribution is 2.32. The Morgan fingerprint density at radius 3 is 2.44 bits per heavy atom. The highest BCUT2D eigenvalue weighted by molar-refractivity contribution is 6.31. The SMILES string of the molecule is CCOc1ccc(Cc2cc([C@@H]3OC(=O)[C@@H](O)[C@H](O)[C@H]3O)ccc2Cl)cc1. The van der Waals surface area contributed by atoms with Gasteiger partial charge in [0.05, 0.1) is 6.61 Å². The molecule has 1 aliphatic heterocycles. The Morgan fingerprint density at radius 1 is 1.07 bits per heavy atom. The summed E-state index contributed by atoms with van der Waals surface area (Å²) in [7, 11) is 0. The van der Waals surface area contributed by atoms with Gasteiger partial charge in [0.1, 0.15) is 18.0 Å². The van der Waals surface area contributed by atoms with Gasteiger partial charge in [-0.3, -0.25) is 0 Å². The summed E-state index contributed by atoms with van der Waals surface area (Å²) in [4.78, 5) is 11.7. The molecule has 0 spiro atoms. The number of halogens is 1. The van der Waals surface area contributed by atoms with E-state index in [4.69, 9.17) is 21.1 Å². The standard InChI is InChI=1S/C20H21ClO6/c1-2-26-14-6-3-11(4-7-14)9-13-10-12(5-8-15(13)21)19-17(23)16(22)18(24)20(25)27-19/h3-8,10,16-19,22-24H,2,9H2,1H3/t16-,17-,18+,19+/m1/s1. The molecule has 0 aliphatic carbocycles. The molecule has 1 saturated heterocycles. The zero-order valence-electron chi connectivity index (χ0n) is 14.7. The van der Waals surface area contributed by atoms with Gasteiger partial charge in [-0.2, -0.15) is 0 Å². The summed E-state index contributed by atoms with van der Waals surface area (Å²) in [6.45, 7) is 2.51. The molecule has 0 radical (unpaired) electrons. The fourth-order valence-corrected chi connectivity index (χ4v) is 3.22. The molecule has 0 aromatic heterocycles. The van der Waals surface area contributed by atoms with Crippen LogP contribution in [-0.2, 0) is 16.0 Å². The molecule has 144 valence electrons. The van der Waals surface area contributed by atoms with Crippen LogP contribution < -0.4 is 4.74 Å². The van der Waals surface area contributed by atoms with Gasteiger partial charge < -0.3 is 24.8 Å². The van der Waals surface area contributed by atoms with Crippen LogP contribution in [0, 0.1) is 0 Å². The van der Waals surface area contributed by atoms with E-state index in [1.807, 2.05) is 31.2 Å². The maximum Gasteiger partial charge on any atom is 0.338 e. The lowest BCUT2D eigenvalue weighted by molar-refractivity contribution is -0.203. The van der Waals surface area contributed by atoms with Crippen molar-refractivity contribution in [3.8, 4) is 5.75 Å². The fourth-order valence-electron chi connectivity index (χ4n) is 3.03. The molecule has 27 heavy (non-hydrogen) atoms. The molecule has 4 atom stereocenters. The lowest BCUT2D eigenvalue weighted by atomic mass is 9.92. The van der Waals surface area contributed by atoms with Crippen molar-refractivity contribution in [3.63, 3.8) is 0 Å². The zero-order valence-corrected chi connectivity index (χ0v) is 15.5. The predicted octanol–water partition coefficient (Wildman–Crippen LogP) is 2.01. The number of carbonyl (C=O) groups excluding carboxylic acids is 1. The number of aliphatic hydroxyl groups excluding tert-OH is 3. The van der Waals surface area contributed by atoms with Gasteiger partial charge in [0.2, 0.25) is 0 Å². The van der Waals surface area contributed by atoms with Gasteiger partial charge >= 0.3 is 5.97 Å². The Balaban J connectivity index is 1.83. The molecule has 0 amide bonds.